The second kappa shape index (κ2) is 11.6. The lowest BCUT2D eigenvalue weighted by molar-refractivity contribution is 0.0696. The van der Waals surface area contributed by atoms with Crippen LogP contribution in [0.2, 0.25) is 0 Å². The number of hydrogen-bond acceptors (Lipinski definition) is 8. The van der Waals surface area contributed by atoms with E-state index in [1.165, 1.54) is 25.3 Å². The summed E-state index contributed by atoms with van der Waals surface area (Å²) in [6, 6.07) is 22.2. The number of nitrogens with one attached hydrogen (secondary N) is 1. The number of carbonyl (C=O) groups is 2. The number of aldehydes is 1. The fourth-order valence-electron chi connectivity index (χ4n) is 5.94. The van der Waals surface area contributed by atoms with Crippen molar-refractivity contribution in [2.75, 3.05) is 0 Å². The van der Waals surface area contributed by atoms with Crippen LogP contribution in [0.5, 0.6) is 5.75 Å². The normalized spacial score (nSPS) is 13.7. The molecule has 220 valence electrons. The first-order chi connectivity index (χ1) is 21.6. The van der Waals surface area contributed by atoms with Crippen LogP contribution in [0.25, 0.3) is 45.1 Å². The Bertz CT molecular complexity index is 1950. The summed E-state index contributed by atoms with van der Waals surface area (Å²) >= 11 is 0. The zero-order chi connectivity index (χ0) is 30.0. The molecule has 1 saturated carbocycles. The zero-order valence-electron chi connectivity index (χ0n) is 23.6. The van der Waals surface area contributed by atoms with Crippen molar-refractivity contribution in [3.8, 4) is 39.8 Å². The van der Waals surface area contributed by atoms with Gasteiger partial charge >= 0.3 is 5.97 Å². The molecule has 1 aliphatic carbocycles. The highest BCUT2D eigenvalue weighted by atomic mass is 16.5. The number of carboxylic acid groups (broad SMARTS) is 1. The van der Waals surface area contributed by atoms with Gasteiger partial charge in [-0.15, -0.1) is 10.2 Å². The highest BCUT2D eigenvalue weighted by Crippen LogP contribution is 2.37. The monoisotopic (exact) mass is 588 g/mol. The van der Waals surface area contributed by atoms with Crippen molar-refractivity contribution in [3.05, 3.63) is 89.7 Å². The fourth-order valence-corrected chi connectivity index (χ4v) is 5.94. The van der Waals surface area contributed by atoms with Crippen LogP contribution in [0.15, 0.2) is 77.2 Å². The Morgan fingerprint density at radius 3 is 2.55 bits per heavy atom. The lowest BCUT2D eigenvalue weighted by atomic mass is 9.95. The number of aromatic carboxylic acids is 1. The number of H-pyrrole nitrogens is 1. The standard InChI is InChI=1S/C33H28N6O5/c40-18-26-12-15-30(44-26)27-13-8-22(33(41)42)16-23(27)19-43-25-10-6-20(7-11-25)32-34-28-17-21(31-35-37-38-36-31)9-14-29(28)39(32)24-4-2-1-3-5-24/h6-18,24H,1-5,19H2,(H,41,42)(H,35,36,37,38). The summed E-state index contributed by atoms with van der Waals surface area (Å²) < 4.78 is 14.1. The van der Waals surface area contributed by atoms with E-state index >= 15 is 0 Å². The number of rotatable bonds is 9. The molecule has 2 N–H and O–H groups in total. The average molecular weight is 589 g/mol. The second-order valence-corrected chi connectivity index (χ2v) is 10.8. The summed E-state index contributed by atoms with van der Waals surface area (Å²) in [6.07, 6.45) is 6.47. The second-order valence-electron chi connectivity index (χ2n) is 10.8. The molecule has 7 rings (SSSR count). The van der Waals surface area contributed by atoms with Crippen molar-refractivity contribution >= 4 is 23.3 Å². The smallest absolute Gasteiger partial charge is 0.335 e. The Hall–Kier alpha value is -5.58. The molecule has 11 heteroatoms. The van der Waals surface area contributed by atoms with Crippen molar-refractivity contribution in [2.45, 2.75) is 44.8 Å². The van der Waals surface area contributed by atoms with Gasteiger partial charge in [0.1, 0.15) is 23.9 Å². The highest BCUT2D eigenvalue weighted by molar-refractivity contribution is 5.89. The van der Waals surface area contributed by atoms with Crippen LogP contribution < -0.4 is 4.74 Å². The van der Waals surface area contributed by atoms with E-state index in [1.807, 2.05) is 36.4 Å². The molecule has 0 saturated heterocycles. The molecule has 44 heavy (non-hydrogen) atoms. The van der Waals surface area contributed by atoms with E-state index in [0.717, 1.165) is 40.8 Å². The molecule has 0 atom stereocenters. The van der Waals surface area contributed by atoms with Crippen LogP contribution >= 0.6 is 0 Å². The number of carbonyl (C=O) groups excluding carboxylic acids is 1. The third-order valence-electron chi connectivity index (χ3n) is 8.10. The first-order valence-corrected chi connectivity index (χ1v) is 14.5. The molecule has 1 aliphatic rings. The van der Waals surface area contributed by atoms with Gasteiger partial charge in [-0.25, -0.2) is 9.78 Å². The fraction of sp³-hybridized carbons (Fsp3) is 0.212. The Balaban J connectivity index is 1.19. The van der Waals surface area contributed by atoms with Crippen LogP contribution in [0, 0.1) is 0 Å². The highest BCUT2D eigenvalue weighted by Gasteiger charge is 2.23. The zero-order valence-corrected chi connectivity index (χ0v) is 23.6. The van der Waals surface area contributed by atoms with E-state index in [2.05, 4.69) is 31.3 Å². The van der Waals surface area contributed by atoms with Crippen LogP contribution in [0.4, 0.5) is 0 Å². The number of benzene rings is 3. The maximum atomic E-state index is 11.7. The largest absolute Gasteiger partial charge is 0.489 e. The van der Waals surface area contributed by atoms with E-state index in [1.54, 1.807) is 24.3 Å². The quantitative estimate of drug-likeness (QED) is 0.175. The number of fused-ring (bicyclic) bond motifs is 1. The molecular formula is C33H28N6O5. The topological polar surface area (TPSA) is 149 Å². The first kappa shape index (κ1) is 27.3. The summed E-state index contributed by atoms with van der Waals surface area (Å²) in [5.74, 6) is 1.64. The van der Waals surface area contributed by atoms with Crippen LogP contribution in [-0.2, 0) is 6.61 Å². The number of nitrogens with zero attached hydrogens (tertiary/aromatic N) is 5. The summed E-state index contributed by atoms with van der Waals surface area (Å²) in [5, 5.41) is 24.0. The molecule has 0 bridgehead atoms. The molecule has 1 fully saturated rings. The lowest BCUT2D eigenvalue weighted by Crippen LogP contribution is -2.14. The number of hydrogen-bond donors (Lipinski definition) is 2. The predicted molar refractivity (Wildman–Crippen MR) is 161 cm³/mol. The van der Waals surface area contributed by atoms with Crippen molar-refractivity contribution < 1.29 is 23.8 Å². The Morgan fingerprint density at radius 1 is 1.00 bits per heavy atom. The minimum absolute atomic E-state index is 0.104. The predicted octanol–water partition coefficient (Wildman–Crippen LogP) is 6.74. The van der Waals surface area contributed by atoms with Gasteiger partial charge in [-0.3, -0.25) is 4.79 Å². The van der Waals surface area contributed by atoms with Gasteiger partial charge in [-0.2, -0.15) is 5.21 Å². The first-order valence-electron chi connectivity index (χ1n) is 14.5. The van der Waals surface area contributed by atoms with Crippen LogP contribution in [-0.4, -0.2) is 47.5 Å². The van der Waals surface area contributed by atoms with Gasteiger partial charge in [0, 0.05) is 28.3 Å². The van der Waals surface area contributed by atoms with Gasteiger partial charge in [0.25, 0.3) is 0 Å². The summed E-state index contributed by atoms with van der Waals surface area (Å²) in [7, 11) is 0. The van der Waals surface area contributed by atoms with E-state index in [9.17, 15) is 14.7 Å². The van der Waals surface area contributed by atoms with Crippen molar-refractivity contribution in [3.63, 3.8) is 0 Å². The Labute approximate surface area is 251 Å². The molecule has 6 aromatic rings. The molecule has 0 amide bonds. The molecule has 0 aliphatic heterocycles. The van der Waals surface area contributed by atoms with Crippen LogP contribution in [0.3, 0.4) is 0 Å². The number of furan rings is 1. The minimum atomic E-state index is -1.04. The molecule has 0 spiro atoms. The Morgan fingerprint density at radius 2 is 1.82 bits per heavy atom. The van der Waals surface area contributed by atoms with Crippen LogP contribution in [0.1, 0.15) is 64.6 Å². The maximum Gasteiger partial charge on any atom is 0.335 e. The van der Waals surface area contributed by atoms with E-state index < -0.39 is 5.97 Å². The van der Waals surface area contributed by atoms with Crippen molar-refractivity contribution in [1.29, 1.82) is 0 Å². The van der Waals surface area contributed by atoms with Gasteiger partial charge in [0.15, 0.2) is 12.0 Å². The molecule has 3 aromatic heterocycles. The van der Waals surface area contributed by atoms with E-state index in [-0.39, 0.29) is 17.9 Å². The number of imidazole rings is 1. The number of aromatic nitrogens is 6. The molecule has 0 radical (unpaired) electrons. The SMILES string of the molecule is O=Cc1ccc(-c2ccc(C(=O)O)cc2COc2ccc(-c3nc4cc(-c5nn[nH]n5)ccc4n3C3CCCCC3)cc2)o1. The summed E-state index contributed by atoms with van der Waals surface area (Å²) in [5.41, 5.74) is 5.16. The molecule has 11 nitrogen and oxygen atoms in total. The van der Waals surface area contributed by atoms with Gasteiger partial charge in [-0.1, -0.05) is 19.3 Å². The van der Waals surface area contributed by atoms with Gasteiger partial charge in [0.2, 0.25) is 5.82 Å². The summed E-state index contributed by atoms with van der Waals surface area (Å²) in [4.78, 5) is 27.9. The van der Waals surface area contributed by atoms with Crippen molar-refractivity contribution in [2.24, 2.45) is 0 Å². The lowest BCUT2D eigenvalue weighted by Gasteiger charge is -2.25. The third kappa shape index (κ3) is 5.24. The Kier molecular flexibility index (Phi) is 7.19. The van der Waals surface area contributed by atoms with Gasteiger partial charge in [0.05, 0.1) is 16.6 Å². The molecule has 0 unspecified atom stereocenters. The molecule has 3 heterocycles. The third-order valence-corrected chi connectivity index (χ3v) is 8.10. The minimum Gasteiger partial charge on any atom is -0.489 e. The number of carboxylic acids is 1. The van der Waals surface area contributed by atoms with E-state index in [0.29, 0.717) is 40.8 Å². The molecule has 3 aromatic carbocycles. The molecular weight excluding hydrogens is 560 g/mol. The maximum absolute atomic E-state index is 11.7. The van der Waals surface area contributed by atoms with Gasteiger partial charge in [-0.05, 0) is 90.9 Å². The van der Waals surface area contributed by atoms with E-state index in [4.69, 9.17) is 14.1 Å². The average Bonchev–Trinajstić information content (AvgIpc) is 3.84. The number of tetrazole rings is 1. The van der Waals surface area contributed by atoms with Crippen molar-refractivity contribution in [1.82, 2.24) is 30.2 Å². The van der Waals surface area contributed by atoms with Gasteiger partial charge < -0.3 is 18.8 Å². The summed E-state index contributed by atoms with van der Waals surface area (Å²) in [6.45, 7) is 0.104. The number of ether oxygens (including phenoxy) is 1. The number of aromatic amines is 1.